The average Bonchev–Trinajstić information content (AvgIpc) is 2.83. The summed E-state index contributed by atoms with van der Waals surface area (Å²) in [5.74, 6) is -0.354. The molecule has 22 heavy (non-hydrogen) atoms. The van der Waals surface area contributed by atoms with E-state index in [2.05, 4.69) is 15.0 Å². The minimum atomic E-state index is -5.01. The highest BCUT2D eigenvalue weighted by Gasteiger charge is 2.45. The molecule has 1 aliphatic heterocycles. The molecule has 0 bridgehead atoms. The molecular formula is C14H11F5N2O. The lowest BCUT2D eigenvalue weighted by Gasteiger charge is -2.19. The Balaban J connectivity index is 1.88. The minimum absolute atomic E-state index is 0.354. The molecule has 0 spiro atoms. The lowest BCUT2D eigenvalue weighted by molar-refractivity contribution is -0.255. The SMILES string of the molecule is FC(F)(F)CC(F)(F)Oc1ccc2c3c(cnc2c1)CCN3. The Morgan fingerprint density at radius 2 is 1.95 bits per heavy atom. The van der Waals surface area contributed by atoms with E-state index in [0.717, 1.165) is 29.6 Å². The number of nitrogens with one attached hydrogen (secondary N) is 1. The molecule has 1 aliphatic rings. The van der Waals surface area contributed by atoms with Crippen molar-refractivity contribution < 1.29 is 26.7 Å². The molecule has 8 heteroatoms. The quantitative estimate of drug-likeness (QED) is 0.864. The largest absolute Gasteiger partial charge is 0.432 e. The van der Waals surface area contributed by atoms with Crippen molar-refractivity contribution in [2.75, 3.05) is 11.9 Å². The summed E-state index contributed by atoms with van der Waals surface area (Å²) in [4.78, 5) is 4.13. The van der Waals surface area contributed by atoms with Gasteiger partial charge in [0, 0.05) is 29.9 Å². The predicted molar refractivity (Wildman–Crippen MR) is 70.2 cm³/mol. The normalized spacial score (nSPS) is 14.8. The van der Waals surface area contributed by atoms with Crippen LogP contribution in [0.1, 0.15) is 12.0 Å². The molecule has 0 atom stereocenters. The summed E-state index contributed by atoms with van der Waals surface area (Å²) in [5.41, 5.74) is 2.27. The second-order valence-corrected chi connectivity index (χ2v) is 5.05. The molecule has 0 amide bonds. The van der Waals surface area contributed by atoms with Crippen LogP contribution in [0.2, 0.25) is 0 Å². The van der Waals surface area contributed by atoms with E-state index in [9.17, 15) is 22.0 Å². The van der Waals surface area contributed by atoms with Gasteiger partial charge in [-0.15, -0.1) is 0 Å². The molecule has 0 saturated carbocycles. The zero-order valence-electron chi connectivity index (χ0n) is 11.2. The maximum absolute atomic E-state index is 13.3. The Morgan fingerprint density at radius 3 is 2.68 bits per heavy atom. The number of hydrogen-bond donors (Lipinski definition) is 1. The summed E-state index contributed by atoms with van der Waals surface area (Å²) < 4.78 is 66.9. The van der Waals surface area contributed by atoms with E-state index >= 15 is 0 Å². The van der Waals surface area contributed by atoms with Gasteiger partial charge in [-0.3, -0.25) is 4.98 Å². The van der Waals surface area contributed by atoms with E-state index in [1.165, 1.54) is 18.2 Å². The number of benzene rings is 1. The maximum Gasteiger partial charge on any atom is 0.406 e. The van der Waals surface area contributed by atoms with Crippen molar-refractivity contribution in [3.05, 3.63) is 30.0 Å². The van der Waals surface area contributed by atoms with Crippen LogP contribution in [-0.2, 0) is 6.42 Å². The number of nitrogens with zero attached hydrogens (tertiary/aromatic N) is 1. The highest BCUT2D eigenvalue weighted by molar-refractivity contribution is 5.94. The van der Waals surface area contributed by atoms with Crippen molar-refractivity contribution in [3.8, 4) is 5.75 Å². The number of hydrogen-bond acceptors (Lipinski definition) is 3. The number of halogens is 5. The van der Waals surface area contributed by atoms with Gasteiger partial charge in [0.2, 0.25) is 0 Å². The lowest BCUT2D eigenvalue weighted by atomic mass is 10.1. The number of pyridine rings is 1. The molecular weight excluding hydrogens is 307 g/mol. The van der Waals surface area contributed by atoms with Crippen LogP contribution in [0.25, 0.3) is 10.9 Å². The molecule has 2 aromatic rings. The molecule has 2 heterocycles. The summed E-state index contributed by atoms with van der Waals surface area (Å²) in [6.45, 7) is 0.762. The first-order valence-electron chi connectivity index (χ1n) is 6.53. The third kappa shape index (κ3) is 3.05. The first-order chi connectivity index (χ1) is 10.2. The number of fused-ring (bicyclic) bond motifs is 3. The van der Waals surface area contributed by atoms with Crippen LogP contribution in [-0.4, -0.2) is 23.8 Å². The van der Waals surface area contributed by atoms with Crippen LogP contribution in [0.4, 0.5) is 27.6 Å². The number of aromatic nitrogens is 1. The summed E-state index contributed by atoms with van der Waals surface area (Å²) in [6.07, 6.45) is -9.23. The summed E-state index contributed by atoms with van der Waals surface area (Å²) >= 11 is 0. The molecule has 0 aliphatic carbocycles. The predicted octanol–water partition coefficient (Wildman–Crippen LogP) is 4.13. The van der Waals surface area contributed by atoms with Crippen molar-refractivity contribution >= 4 is 16.6 Å². The first-order valence-corrected chi connectivity index (χ1v) is 6.53. The van der Waals surface area contributed by atoms with Gasteiger partial charge in [-0.2, -0.15) is 22.0 Å². The van der Waals surface area contributed by atoms with Gasteiger partial charge in [-0.05, 0) is 24.1 Å². The van der Waals surface area contributed by atoms with Gasteiger partial charge in [0.1, 0.15) is 12.2 Å². The average molecular weight is 318 g/mol. The van der Waals surface area contributed by atoms with Crippen molar-refractivity contribution in [2.45, 2.75) is 25.1 Å². The minimum Gasteiger partial charge on any atom is -0.432 e. The highest BCUT2D eigenvalue weighted by atomic mass is 19.4. The van der Waals surface area contributed by atoms with Crippen LogP contribution in [0.5, 0.6) is 5.75 Å². The van der Waals surface area contributed by atoms with Crippen LogP contribution in [0.3, 0.4) is 0 Å². The number of anilines is 1. The van der Waals surface area contributed by atoms with Crippen molar-refractivity contribution in [1.82, 2.24) is 4.98 Å². The van der Waals surface area contributed by atoms with Crippen LogP contribution >= 0.6 is 0 Å². The zero-order valence-corrected chi connectivity index (χ0v) is 11.2. The Bertz CT molecular complexity index is 714. The zero-order chi connectivity index (χ0) is 16.0. The second kappa shape index (κ2) is 4.96. The lowest BCUT2D eigenvalue weighted by Crippen LogP contribution is -2.31. The van der Waals surface area contributed by atoms with Gasteiger partial charge >= 0.3 is 12.3 Å². The maximum atomic E-state index is 13.3. The van der Waals surface area contributed by atoms with Crippen molar-refractivity contribution in [1.29, 1.82) is 0 Å². The van der Waals surface area contributed by atoms with Gasteiger partial charge in [-0.25, -0.2) is 0 Å². The number of rotatable bonds is 3. The van der Waals surface area contributed by atoms with Gasteiger partial charge in [0.25, 0.3) is 0 Å². The van der Waals surface area contributed by atoms with E-state index in [4.69, 9.17) is 0 Å². The third-order valence-electron chi connectivity index (χ3n) is 3.29. The standard InChI is InChI=1S/C14H11F5N2O/c15-13(16,17)7-14(18,19)22-9-1-2-10-11(5-9)21-6-8-3-4-20-12(8)10/h1-2,5-6,20H,3-4,7H2. The summed E-state index contributed by atoms with van der Waals surface area (Å²) in [7, 11) is 0. The molecule has 1 aromatic carbocycles. The van der Waals surface area contributed by atoms with Gasteiger partial charge < -0.3 is 10.1 Å². The molecule has 118 valence electrons. The van der Waals surface area contributed by atoms with Crippen LogP contribution in [0, 0.1) is 0 Å². The highest BCUT2D eigenvalue weighted by Crippen LogP contribution is 2.36. The van der Waals surface area contributed by atoms with Crippen molar-refractivity contribution in [3.63, 3.8) is 0 Å². The topological polar surface area (TPSA) is 34.1 Å². The first kappa shape index (κ1) is 14.8. The third-order valence-corrected chi connectivity index (χ3v) is 3.29. The number of ether oxygens (including phenoxy) is 1. The monoisotopic (exact) mass is 318 g/mol. The molecule has 1 N–H and O–H groups in total. The van der Waals surface area contributed by atoms with E-state index in [-0.39, 0.29) is 5.75 Å². The number of alkyl halides is 5. The second-order valence-electron chi connectivity index (χ2n) is 5.05. The van der Waals surface area contributed by atoms with E-state index in [1.54, 1.807) is 6.20 Å². The summed E-state index contributed by atoms with van der Waals surface area (Å²) in [6, 6.07) is 3.94. The van der Waals surface area contributed by atoms with Crippen LogP contribution in [0.15, 0.2) is 24.4 Å². The molecule has 0 radical (unpaired) electrons. The van der Waals surface area contributed by atoms with Gasteiger partial charge in [0.05, 0.1) is 5.52 Å². The van der Waals surface area contributed by atoms with E-state index in [1.807, 2.05) is 0 Å². The fraction of sp³-hybridized carbons (Fsp3) is 0.357. The van der Waals surface area contributed by atoms with Crippen molar-refractivity contribution in [2.24, 2.45) is 0 Å². The molecule has 0 saturated heterocycles. The van der Waals surface area contributed by atoms with Gasteiger partial charge in [-0.1, -0.05) is 0 Å². The molecule has 0 fully saturated rings. The Kier molecular flexibility index (Phi) is 3.34. The van der Waals surface area contributed by atoms with Crippen LogP contribution < -0.4 is 10.1 Å². The van der Waals surface area contributed by atoms with E-state index in [0.29, 0.717) is 5.52 Å². The fourth-order valence-corrected chi connectivity index (χ4v) is 2.44. The molecule has 3 rings (SSSR count). The molecule has 3 nitrogen and oxygen atoms in total. The molecule has 0 unspecified atom stereocenters. The smallest absolute Gasteiger partial charge is 0.406 e. The Morgan fingerprint density at radius 1 is 1.18 bits per heavy atom. The fourth-order valence-electron chi connectivity index (χ4n) is 2.44. The van der Waals surface area contributed by atoms with Gasteiger partial charge in [0.15, 0.2) is 0 Å². The molecule has 1 aromatic heterocycles. The summed E-state index contributed by atoms with van der Waals surface area (Å²) in [5, 5.41) is 3.89. The van der Waals surface area contributed by atoms with E-state index < -0.39 is 18.7 Å². The Labute approximate surface area is 122 Å². The Hall–Kier alpha value is -2.12.